The monoisotopic (exact) mass is 343 g/mol. The molecule has 1 aliphatic rings. The van der Waals surface area contributed by atoms with Crippen LogP contribution in [0.15, 0.2) is 24.3 Å². The van der Waals surface area contributed by atoms with E-state index in [2.05, 4.69) is 0 Å². The van der Waals surface area contributed by atoms with E-state index in [0.717, 1.165) is 16.6 Å². The summed E-state index contributed by atoms with van der Waals surface area (Å²) in [4.78, 5) is 25.3. The van der Waals surface area contributed by atoms with E-state index in [-0.39, 0.29) is 31.7 Å². The molecule has 2 rings (SSSR count). The van der Waals surface area contributed by atoms with Gasteiger partial charge < -0.3 is 10.6 Å². The van der Waals surface area contributed by atoms with Crippen molar-refractivity contribution in [3.05, 3.63) is 35.6 Å². The molecule has 1 aromatic rings. The molecule has 126 valence electrons. The van der Waals surface area contributed by atoms with Gasteiger partial charge in [-0.3, -0.25) is 9.59 Å². The van der Waals surface area contributed by atoms with Crippen molar-refractivity contribution in [2.24, 2.45) is 11.7 Å². The van der Waals surface area contributed by atoms with E-state index < -0.39 is 33.6 Å². The molecule has 0 aliphatic carbocycles. The maximum absolute atomic E-state index is 13.3. The molecule has 0 spiro atoms. The first-order valence-electron chi connectivity index (χ1n) is 6.98. The summed E-state index contributed by atoms with van der Waals surface area (Å²) in [6.07, 6.45) is 1.04. The third-order valence-electron chi connectivity index (χ3n) is 3.71. The van der Waals surface area contributed by atoms with Gasteiger partial charge in [-0.1, -0.05) is 6.07 Å². The van der Waals surface area contributed by atoms with E-state index in [4.69, 9.17) is 5.73 Å². The molecule has 0 aromatic heterocycles. The molecule has 1 heterocycles. The molecule has 1 fully saturated rings. The smallest absolute Gasteiger partial charge is 0.254 e. The van der Waals surface area contributed by atoms with Gasteiger partial charge in [0.25, 0.3) is 5.91 Å². The standard InChI is InChI=1S/C14H18FN3O4S/c1-23(21,22)18-6-5-17(8-11(9-18)13(16)19)14(20)10-3-2-4-12(15)7-10/h2-4,7,11H,5-6,8-9H2,1H3,(H2,16,19). The number of halogens is 1. The fourth-order valence-electron chi connectivity index (χ4n) is 2.45. The molecule has 1 atom stereocenters. The number of carbonyl (C=O) groups excluding carboxylic acids is 2. The average molecular weight is 343 g/mol. The molecule has 0 radical (unpaired) electrons. The number of hydrogen-bond acceptors (Lipinski definition) is 4. The lowest BCUT2D eigenvalue weighted by Crippen LogP contribution is -2.41. The predicted molar refractivity (Wildman–Crippen MR) is 81.4 cm³/mol. The topological polar surface area (TPSA) is 101 Å². The molecule has 2 amide bonds. The third kappa shape index (κ3) is 4.26. The number of hydrogen-bond donors (Lipinski definition) is 1. The first kappa shape index (κ1) is 17.4. The zero-order valence-electron chi connectivity index (χ0n) is 12.6. The average Bonchev–Trinajstić information content (AvgIpc) is 2.69. The van der Waals surface area contributed by atoms with E-state index in [1.165, 1.54) is 23.1 Å². The van der Waals surface area contributed by atoms with Crippen molar-refractivity contribution >= 4 is 21.8 Å². The summed E-state index contributed by atoms with van der Waals surface area (Å²) in [6.45, 7) is 0.0909. The quantitative estimate of drug-likeness (QED) is 0.810. The van der Waals surface area contributed by atoms with E-state index >= 15 is 0 Å². The number of primary amides is 1. The Balaban J connectivity index is 2.26. The zero-order chi connectivity index (χ0) is 17.2. The van der Waals surface area contributed by atoms with Crippen LogP contribution in [0.1, 0.15) is 10.4 Å². The highest BCUT2D eigenvalue weighted by molar-refractivity contribution is 7.88. The van der Waals surface area contributed by atoms with Crippen molar-refractivity contribution in [1.82, 2.24) is 9.21 Å². The molecule has 1 unspecified atom stereocenters. The third-order valence-corrected chi connectivity index (χ3v) is 4.98. The number of amides is 2. The minimum Gasteiger partial charge on any atom is -0.369 e. The van der Waals surface area contributed by atoms with Crippen LogP contribution < -0.4 is 5.73 Å². The van der Waals surface area contributed by atoms with Crippen molar-refractivity contribution in [3.63, 3.8) is 0 Å². The summed E-state index contributed by atoms with van der Waals surface area (Å²) in [5, 5.41) is 0. The zero-order valence-corrected chi connectivity index (χ0v) is 13.4. The molecule has 2 N–H and O–H groups in total. The van der Waals surface area contributed by atoms with Crippen LogP contribution in [-0.4, -0.2) is 61.9 Å². The summed E-state index contributed by atoms with van der Waals surface area (Å²) in [7, 11) is -3.51. The van der Waals surface area contributed by atoms with Crippen LogP contribution >= 0.6 is 0 Å². The fourth-order valence-corrected chi connectivity index (χ4v) is 3.32. The van der Waals surface area contributed by atoms with Gasteiger partial charge >= 0.3 is 0 Å². The Morgan fingerprint density at radius 1 is 1.26 bits per heavy atom. The second-order valence-electron chi connectivity index (χ2n) is 5.48. The summed E-state index contributed by atoms with van der Waals surface area (Å²) in [6, 6.07) is 5.19. The van der Waals surface area contributed by atoms with Crippen molar-refractivity contribution in [3.8, 4) is 0 Å². The first-order chi connectivity index (χ1) is 10.7. The highest BCUT2D eigenvalue weighted by atomic mass is 32.2. The molecule has 0 bridgehead atoms. The second kappa shape index (κ2) is 6.63. The summed E-state index contributed by atoms with van der Waals surface area (Å²) in [5.74, 6) is -2.51. The van der Waals surface area contributed by atoms with Gasteiger partial charge in [0.05, 0.1) is 12.2 Å². The second-order valence-corrected chi connectivity index (χ2v) is 7.46. The van der Waals surface area contributed by atoms with Gasteiger partial charge in [0.15, 0.2) is 0 Å². The number of nitrogens with zero attached hydrogens (tertiary/aromatic N) is 2. The Bertz CT molecular complexity index is 722. The number of nitrogens with two attached hydrogens (primary N) is 1. The molecule has 9 heteroatoms. The molecular formula is C14H18FN3O4S. The molecular weight excluding hydrogens is 325 g/mol. The summed E-state index contributed by atoms with van der Waals surface area (Å²) in [5.41, 5.74) is 5.45. The summed E-state index contributed by atoms with van der Waals surface area (Å²) < 4.78 is 37.8. The Labute approximate surface area is 133 Å². The van der Waals surface area contributed by atoms with Crippen LogP contribution in [0.2, 0.25) is 0 Å². The van der Waals surface area contributed by atoms with Gasteiger partial charge in [0.1, 0.15) is 5.82 Å². The SMILES string of the molecule is CS(=O)(=O)N1CCN(C(=O)c2cccc(F)c2)CC(C(N)=O)C1. The van der Waals surface area contributed by atoms with Crippen molar-refractivity contribution in [1.29, 1.82) is 0 Å². The number of rotatable bonds is 3. The maximum Gasteiger partial charge on any atom is 0.254 e. The minimum atomic E-state index is -3.51. The molecule has 23 heavy (non-hydrogen) atoms. The molecule has 7 nitrogen and oxygen atoms in total. The number of carbonyl (C=O) groups is 2. The van der Waals surface area contributed by atoms with Gasteiger partial charge in [-0.15, -0.1) is 0 Å². The lowest BCUT2D eigenvalue weighted by molar-refractivity contribution is -0.122. The van der Waals surface area contributed by atoms with Gasteiger partial charge in [-0.2, -0.15) is 4.31 Å². The van der Waals surface area contributed by atoms with E-state index in [1.807, 2.05) is 0 Å². The van der Waals surface area contributed by atoms with Crippen LogP contribution in [0, 0.1) is 11.7 Å². The first-order valence-corrected chi connectivity index (χ1v) is 8.82. The van der Waals surface area contributed by atoms with Crippen LogP contribution in [0.25, 0.3) is 0 Å². The van der Waals surface area contributed by atoms with Crippen LogP contribution in [0.3, 0.4) is 0 Å². The van der Waals surface area contributed by atoms with Gasteiger partial charge in [0, 0.05) is 31.7 Å². The van der Waals surface area contributed by atoms with E-state index in [1.54, 1.807) is 0 Å². The fraction of sp³-hybridized carbons (Fsp3) is 0.429. The molecule has 0 saturated carbocycles. The largest absolute Gasteiger partial charge is 0.369 e. The Kier molecular flexibility index (Phi) is 5.00. The predicted octanol–water partition coefficient (Wildman–Crippen LogP) is -0.355. The Morgan fingerprint density at radius 2 is 1.96 bits per heavy atom. The number of benzene rings is 1. The van der Waals surface area contributed by atoms with Crippen LogP contribution in [0.4, 0.5) is 4.39 Å². The minimum absolute atomic E-state index is 0.00327. The van der Waals surface area contributed by atoms with E-state index in [9.17, 15) is 22.4 Å². The van der Waals surface area contributed by atoms with E-state index in [0.29, 0.717) is 0 Å². The Morgan fingerprint density at radius 3 is 2.52 bits per heavy atom. The summed E-state index contributed by atoms with van der Waals surface area (Å²) >= 11 is 0. The van der Waals surface area contributed by atoms with Crippen LogP contribution in [0.5, 0.6) is 0 Å². The molecule has 1 saturated heterocycles. The lowest BCUT2D eigenvalue weighted by atomic mass is 10.1. The normalized spacial score (nSPS) is 20.1. The van der Waals surface area contributed by atoms with Gasteiger partial charge in [0.2, 0.25) is 15.9 Å². The van der Waals surface area contributed by atoms with Crippen molar-refractivity contribution < 1.29 is 22.4 Å². The lowest BCUT2D eigenvalue weighted by Gasteiger charge is -2.22. The van der Waals surface area contributed by atoms with Gasteiger partial charge in [-0.25, -0.2) is 12.8 Å². The maximum atomic E-state index is 13.3. The number of sulfonamides is 1. The van der Waals surface area contributed by atoms with Crippen molar-refractivity contribution in [2.45, 2.75) is 0 Å². The molecule has 1 aromatic carbocycles. The highest BCUT2D eigenvalue weighted by Crippen LogP contribution is 2.15. The molecule has 1 aliphatic heterocycles. The van der Waals surface area contributed by atoms with Crippen molar-refractivity contribution in [2.75, 3.05) is 32.4 Å². The van der Waals surface area contributed by atoms with Crippen LogP contribution in [-0.2, 0) is 14.8 Å². The Hall–Kier alpha value is -2.00. The highest BCUT2D eigenvalue weighted by Gasteiger charge is 2.32. The van der Waals surface area contributed by atoms with Gasteiger partial charge in [-0.05, 0) is 18.2 Å².